The number of fused-ring (bicyclic) bond motifs is 1. The number of rotatable bonds is 3. The smallest absolute Gasteiger partial charge is 0.278 e. The van der Waals surface area contributed by atoms with E-state index in [9.17, 15) is 9.18 Å². The van der Waals surface area contributed by atoms with Crippen LogP contribution in [0.1, 0.15) is 47.2 Å². The van der Waals surface area contributed by atoms with Crippen molar-refractivity contribution in [3.8, 4) is 11.5 Å². The number of hydrogen-bond acceptors (Lipinski definition) is 4. The van der Waals surface area contributed by atoms with E-state index in [2.05, 4.69) is 11.4 Å². The highest BCUT2D eigenvalue weighted by atomic mass is 19.1. The van der Waals surface area contributed by atoms with Crippen molar-refractivity contribution >= 4 is 5.91 Å². The predicted octanol–water partition coefficient (Wildman–Crippen LogP) is 3.04. The van der Waals surface area contributed by atoms with E-state index in [0.717, 1.165) is 37.6 Å². The van der Waals surface area contributed by atoms with Crippen molar-refractivity contribution in [2.75, 3.05) is 13.1 Å². The van der Waals surface area contributed by atoms with Gasteiger partial charge in [-0.2, -0.15) is 0 Å². The van der Waals surface area contributed by atoms with Crippen LogP contribution in [0, 0.1) is 5.82 Å². The monoisotopic (exact) mass is 356 g/mol. The SMILES string of the molecule is CC1(c2ccc(C(N)=O)cc2F)Oc2cccc(C3CCNCC3)c2O1. The highest BCUT2D eigenvalue weighted by molar-refractivity contribution is 5.92. The van der Waals surface area contributed by atoms with Crippen LogP contribution in [0.2, 0.25) is 0 Å². The number of halogens is 1. The van der Waals surface area contributed by atoms with Crippen molar-refractivity contribution in [1.29, 1.82) is 0 Å². The fraction of sp³-hybridized carbons (Fsp3) is 0.350. The molecule has 1 fully saturated rings. The number of para-hydroxylation sites is 1. The first kappa shape index (κ1) is 16.8. The molecule has 136 valence electrons. The van der Waals surface area contributed by atoms with E-state index in [4.69, 9.17) is 15.2 Å². The molecule has 3 N–H and O–H groups in total. The largest absolute Gasteiger partial charge is 0.444 e. The molecule has 0 aromatic heterocycles. The Kier molecular flexibility index (Phi) is 4.07. The summed E-state index contributed by atoms with van der Waals surface area (Å²) >= 11 is 0. The number of piperidine rings is 1. The molecule has 2 aromatic carbocycles. The standard InChI is InChI=1S/C20H21FN2O3/c1-20(15-6-5-13(19(22)24)11-16(15)21)25-17-4-2-3-14(18(17)26-20)12-7-9-23-10-8-12/h2-6,11-12,23H,7-10H2,1H3,(H2,22,24). The van der Waals surface area contributed by atoms with Crippen LogP contribution in [0.5, 0.6) is 11.5 Å². The number of hydrogen-bond donors (Lipinski definition) is 2. The van der Waals surface area contributed by atoms with Crippen LogP contribution in [-0.4, -0.2) is 19.0 Å². The molecule has 2 heterocycles. The van der Waals surface area contributed by atoms with E-state index < -0.39 is 17.5 Å². The molecular formula is C20H21FN2O3. The van der Waals surface area contributed by atoms with Crippen molar-refractivity contribution in [2.45, 2.75) is 31.5 Å². The fourth-order valence-electron chi connectivity index (χ4n) is 3.75. The summed E-state index contributed by atoms with van der Waals surface area (Å²) in [5.41, 5.74) is 6.66. The Morgan fingerprint density at radius 2 is 2.00 bits per heavy atom. The van der Waals surface area contributed by atoms with Gasteiger partial charge in [-0.25, -0.2) is 4.39 Å². The Morgan fingerprint density at radius 3 is 2.69 bits per heavy atom. The van der Waals surface area contributed by atoms with Gasteiger partial charge >= 0.3 is 0 Å². The lowest BCUT2D eigenvalue weighted by Crippen LogP contribution is -2.33. The molecule has 1 unspecified atom stereocenters. The van der Waals surface area contributed by atoms with Crippen LogP contribution in [0.15, 0.2) is 36.4 Å². The first-order valence-corrected chi connectivity index (χ1v) is 8.79. The number of ether oxygens (including phenoxy) is 2. The molecule has 4 rings (SSSR count). The summed E-state index contributed by atoms with van der Waals surface area (Å²) in [5.74, 6) is -0.863. The average molecular weight is 356 g/mol. The maximum Gasteiger partial charge on any atom is 0.278 e. The lowest BCUT2D eigenvalue weighted by Gasteiger charge is -2.26. The van der Waals surface area contributed by atoms with E-state index in [0.29, 0.717) is 17.4 Å². The molecule has 0 radical (unpaired) electrons. The van der Waals surface area contributed by atoms with Crippen LogP contribution in [0.25, 0.3) is 0 Å². The Hall–Kier alpha value is -2.60. The molecule has 2 aromatic rings. The van der Waals surface area contributed by atoms with E-state index in [1.54, 1.807) is 6.92 Å². The van der Waals surface area contributed by atoms with E-state index in [1.165, 1.54) is 12.1 Å². The van der Waals surface area contributed by atoms with Crippen molar-refractivity contribution in [3.63, 3.8) is 0 Å². The molecule has 0 aliphatic carbocycles. The van der Waals surface area contributed by atoms with Crippen molar-refractivity contribution in [2.24, 2.45) is 5.73 Å². The molecule has 1 atom stereocenters. The van der Waals surface area contributed by atoms with E-state index in [-0.39, 0.29) is 11.1 Å². The van der Waals surface area contributed by atoms with Gasteiger partial charge in [-0.15, -0.1) is 0 Å². The third-order valence-corrected chi connectivity index (χ3v) is 5.13. The van der Waals surface area contributed by atoms with Gasteiger partial charge in [0, 0.05) is 18.1 Å². The van der Waals surface area contributed by atoms with Gasteiger partial charge in [-0.3, -0.25) is 4.79 Å². The summed E-state index contributed by atoms with van der Waals surface area (Å²) in [6.45, 7) is 3.62. The minimum absolute atomic E-state index is 0.112. The molecular weight excluding hydrogens is 335 g/mol. The molecule has 26 heavy (non-hydrogen) atoms. The number of amides is 1. The first-order chi connectivity index (χ1) is 12.5. The minimum Gasteiger partial charge on any atom is -0.444 e. The molecule has 1 amide bonds. The summed E-state index contributed by atoms with van der Waals surface area (Å²) in [5, 5.41) is 3.36. The quantitative estimate of drug-likeness (QED) is 0.887. The normalized spacial score (nSPS) is 22.4. The van der Waals surface area contributed by atoms with Crippen molar-refractivity contribution in [3.05, 3.63) is 58.9 Å². The second-order valence-corrected chi connectivity index (χ2v) is 6.91. The zero-order valence-corrected chi connectivity index (χ0v) is 14.5. The molecule has 0 bridgehead atoms. The Labute approximate surface area is 151 Å². The van der Waals surface area contributed by atoms with E-state index >= 15 is 0 Å². The van der Waals surface area contributed by atoms with Gasteiger partial charge < -0.3 is 20.5 Å². The first-order valence-electron chi connectivity index (χ1n) is 8.79. The Balaban J connectivity index is 1.68. The van der Waals surface area contributed by atoms with Crippen molar-refractivity contribution in [1.82, 2.24) is 5.32 Å². The molecule has 0 saturated carbocycles. The molecule has 1 saturated heterocycles. The van der Waals surface area contributed by atoms with Gasteiger partial charge in [0.05, 0.1) is 5.56 Å². The number of nitrogens with one attached hydrogen (secondary N) is 1. The summed E-state index contributed by atoms with van der Waals surface area (Å²) in [4.78, 5) is 11.3. The maximum atomic E-state index is 14.6. The highest BCUT2D eigenvalue weighted by Crippen LogP contribution is 2.49. The third-order valence-electron chi connectivity index (χ3n) is 5.13. The molecule has 2 aliphatic rings. The molecule has 2 aliphatic heterocycles. The van der Waals surface area contributed by atoms with Gasteiger partial charge in [-0.1, -0.05) is 12.1 Å². The summed E-state index contributed by atoms with van der Waals surface area (Å²) in [7, 11) is 0. The maximum absolute atomic E-state index is 14.6. The molecule has 0 spiro atoms. The number of carbonyl (C=O) groups is 1. The number of nitrogens with two attached hydrogens (primary N) is 1. The summed E-state index contributed by atoms with van der Waals surface area (Å²) in [6.07, 6.45) is 2.05. The summed E-state index contributed by atoms with van der Waals surface area (Å²) < 4.78 is 26.8. The van der Waals surface area contributed by atoms with Crippen LogP contribution in [0.3, 0.4) is 0 Å². The van der Waals surface area contributed by atoms with E-state index in [1.807, 2.05) is 12.1 Å². The predicted molar refractivity (Wildman–Crippen MR) is 94.8 cm³/mol. The van der Waals surface area contributed by atoms with Gasteiger partial charge in [-0.05, 0) is 56.1 Å². The van der Waals surface area contributed by atoms with Crippen LogP contribution in [-0.2, 0) is 5.79 Å². The van der Waals surface area contributed by atoms with Gasteiger partial charge in [0.15, 0.2) is 11.5 Å². The van der Waals surface area contributed by atoms with Crippen LogP contribution >= 0.6 is 0 Å². The zero-order chi connectivity index (χ0) is 18.3. The average Bonchev–Trinajstić information content (AvgIpc) is 2.99. The number of primary amides is 1. The zero-order valence-electron chi connectivity index (χ0n) is 14.5. The Bertz CT molecular complexity index is 864. The second kappa shape index (κ2) is 6.29. The van der Waals surface area contributed by atoms with Crippen LogP contribution in [0.4, 0.5) is 4.39 Å². The minimum atomic E-state index is -1.29. The lowest BCUT2D eigenvalue weighted by molar-refractivity contribution is -0.0711. The second-order valence-electron chi connectivity index (χ2n) is 6.91. The van der Waals surface area contributed by atoms with Crippen LogP contribution < -0.4 is 20.5 Å². The third kappa shape index (κ3) is 2.80. The highest BCUT2D eigenvalue weighted by Gasteiger charge is 2.42. The number of benzene rings is 2. The topological polar surface area (TPSA) is 73.6 Å². The van der Waals surface area contributed by atoms with Gasteiger partial charge in [0.1, 0.15) is 5.82 Å². The van der Waals surface area contributed by atoms with Gasteiger partial charge in [0.25, 0.3) is 5.79 Å². The molecule has 5 nitrogen and oxygen atoms in total. The summed E-state index contributed by atoms with van der Waals surface area (Å²) in [6, 6.07) is 9.92. The lowest BCUT2D eigenvalue weighted by atomic mass is 9.89. The molecule has 6 heteroatoms. The fourth-order valence-corrected chi connectivity index (χ4v) is 3.75. The number of carbonyl (C=O) groups excluding carboxylic acids is 1. The Morgan fingerprint density at radius 1 is 1.23 bits per heavy atom. The van der Waals surface area contributed by atoms with Crippen molar-refractivity contribution < 1.29 is 18.7 Å². The van der Waals surface area contributed by atoms with Gasteiger partial charge in [0.2, 0.25) is 5.91 Å².